The van der Waals surface area contributed by atoms with E-state index < -0.39 is 43.3 Å². The Balaban J connectivity index is 1.48. The highest BCUT2D eigenvalue weighted by atomic mass is 32.1. The van der Waals surface area contributed by atoms with Gasteiger partial charge in [-0.3, -0.25) is 9.36 Å². The number of nitrogens with zero attached hydrogens (tertiary/aromatic N) is 3. The van der Waals surface area contributed by atoms with Crippen molar-refractivity contribution in [1.82, 2.24) is 24.8 Å². The van der Waals surface area contributed by atoms with Crippen molar-refractivity contribution in [2.24, 2.45) is 5.73 Å². The van der Waals surface area contributed by atoms with Gasteiger partial charge in [-0.1, -0.05) is 25.1 Å². The van der Waals surface area contributed by atoms with Gasteiger partial charge in [-0.05, 0) is 19.8 Å². The number of imidazole rings is 1. The van der Waals surface area contributed by atoms with Gasteiger partial charge in [0.15, 0.2) is 10.9 Å². The number of carbonyl (C=O) groups is 1. The number of ether oxygens (including phenoxy) is 1. The molecule has 2 unspecified atom stereocenters. The molecule has 9 N–H and O–H groups in total. The van der Waals surface area contributed by atoms with Crippen LogP contribution in [0.5, 0.6) is 0 Å². The van der Waals surface area contributed by atoms with E-state index in [2.05, 4.69) is 25.6 Å². The van der Waals surface area contributed by atoms with Gasteiger partial charge in [-0.15, -0.1) is 0 Å². The minimum Gasteiger partial charge on any atom is -0.394 e. The van der Waals surface area contributed by atoms with E-state index in [0.29, 0.717) is 30.2 Å². The molecule has 3 heterocycles. The van der Waals surface area contributed by atoms with Gasteiger partial charge in [-0.2, -0.15) is 0 Å². The molecule has 6 atom stereocenters. The number of anilines is 1. The van der Waals surface area contributed by atoms with Crippen LogP contribution < -0.4 is 16.4 Å². The molecular weight excluding hydrogens is 466 g/mol. The quantitative estimate of drug-likeness (QED) is 0.130. The largest absolute Gasteiger partial charge is 0.394 e. The summed E-state index contributed by atoms with van der Waals surface area (Å²) in [6.45, 7) is 2.19. The lowest BCUT2D eigenvalue weighted by Crippen LogP contribution is -2.47. The minimum atomic E-state index is -1.24. The number of aliphatic hydroxyl groups excluding tert-OH is 4. The highest BCUT2D eigenvalue weighted by molar-refractivity contribution is 7.71. The fraction of sp³-hybridized carbons (Fsp3) is 0.700. The highest BCUT2D eigenvalue weighted by Gasteiger charge is 2.43. The average molecular weight is 500 g/mol. The summed E-state index contributed by atoms with van der Waals surface area (Å²) in [5.74, 6) is 0.0786. The van der Waals surface area contributed by atoms with E-state index in [1.165, 1.54) is 17.8 Å². The molecule has 2 aromatic heterocycles. The summed E-state index contributed by atoms with van der Waals surface area (Å²) in [4.78, 5) is 23.3. The average Bonchev–Trinajstić information content (AvgIpc) is 3.35. The Morgan fingerprint density at radius 2 is 2.00 bits per heavy atom. The maximum atomic E-state index is 11.7. The van der Waals surface area contributed by atoms with Gasteiger partial charge in [0.25, 0.3) is 0 Å². The molecule has 2 aromatic rings. The standard InChI is InChI=1S/C20H33N7O6S/c1-10(29)12(21)17(32)22-6-4-2-3-5-7-23-20-25-16-13(18(34)26-20)24-9-27(16)19-15(31)14(30)11(8-28)33-19/h9-12,14-15,19,28-31H,2-8,21H2,1H3,(H,22,32)(H2,23,25,26,34)/t10?,11-,12?,14-,15-,19-/m1/s1. The van der Waals surface area contributed by atoms with Crippen LogP contribution in [0.3, 0.4) is 0 Å². The van der Waals surface area contributed by atoms with Crippen molar-refractivity contribution in [1.29, 1.82) is 0 Å². The van der Waals surface area contributed by atoms with Crippen molar-refractivity contribution in [2.75, 3.05) is 25.0 Å². The minimum absolute atomic E-state index is 0.271. The van der Waals surface area contributed by atoms with E-state index in [-0.39, 0.29) is 10.5 Å². The fourth-order valence-corrected chi connectivity index (χ4v) is 3.92. The van der Waals surface area contributed by atoms with Gasteiger partial charge in [0.1, 0.15) is 35.5 Å². The highest BCUT2D eigenvalue weighted by Crippen LogP contribution is 2.31. The molecule has 3 rings (SSSR count). The number of nitrogens with two attached hydrogens (primary N) is 1. The van der Waals surface area contributed by atoms with Gasteiger partial charge in [-0.25, -0.2) is 9.97 Å². The van der Waals surface area contributed by atoms with E-state index in [0.717, 1.165) is 25.7 Å². The lowest BCUT2D eigenvalue weighted by Gasteiger charge is -2.17. The van der Waals surface area contributed by atoms with Crippen molar-refractivity contribution in [3.05, 3.63) is 11.0 Å². The third kappa shape index (κ3) is 6.07. The van der Waals surface area contributed by atoms with Crippen LogP contribution in [0.2, 0.25) is 0 Å². The normalized spacial score (nSPS) is 24.3. The first-order chi connectivity index (χ1) is 16.2. The summed E-state index contributed by atoms with van der Waals surface area (Å²) in [5.41, 5.74) is 6.47. The van der Waals surface area contributed by atoms with Crippen LogP contribution in [0.25, 0.3) is 11.2 Å². The third-order valence-electron chi connectivity index (χ3n) is 5.76. The topological polar surface area (TPSA) is 204 Å². The summed E-state index contributed by atoms with van der Waals surface area (Å²) in [5, 5.41) is 44.9. The van der Waals surface area contributed by atoms with Crippen molar-refractivity contribution >= 4 is 35.2 Å². The molecule has 0 radical (unpaired) electrons. The van der Waals surface area contributed by atoms with Crippen LogP contribution >= 0.6 is 12.2 Å². The van der Waals surface area contributed by atoms with Crippen molar-refractivity contribution in [3.8, 4) is 0 Å². The predicted octanol–water partition coefficient (Wildman–Crippen LogP) is -1.10. The molecule has 0 aromatic carbocycles. The second-order valence-corrected chi connectivity index (χ2v) is 8.75. The first-order valence-corrected chi connectivity index (χ1v) is 11.7. The molecule has 1 saturated heterocycles. The SMILES string of the molecule is CC(O)C(N)C(=O)NCCCCCCNc1nc(=S)c2ncn([C@@H]3O[C@H](CO)[C@@H](O)[C@H]3O)c2[nH]1. The van der Waals surface area contributed by atoms with E-state index in [1.807, 2.05) is 0 Å². The summed E-state index contributed by atoms with van der Waals surface area (Å²) in [6, 6.07) is -0.916. The van der Waals surface area contributed by atoms with Gasteiger partial charge >= 0.3 is 0 Å². The lowest BCUT2D eigenvalue weighted by molar-refractivity contribution is -0.124. The van der Waals surface area contributed by atoms with Crippen LogP contribution in [0.4, 0.5) is 5.95 Å². The number of unbranched alkanes of at least 4 members (excludes halogenated alkanes) is 3. The van der Waals surface area contributed by atoms with E-state index in [4.69, 9.17) is 22.7 Å². The summed E-state index contributed by atoms with van der Waals surface area (Å²) in [6.07, 6.45) is -0.255. The second kappa shape index (κ2) is 12.0. The Hall–Kier alpha value is -2.20. The van der Waals surface area contributed by atoms with Crippen molar-refractivity contribution < 1.29 is 30.0 Å². The van der Waals surface area contributed by atoms with Gasteiger partial charge < -0.3 is 46.5 Å². The molecule has 0 bridgehead atoms. The number of H-pyrrole nitrogens is 1. The molecule has 34 heavy (non-hydrogen) atoms. The molecular formula is C20H33N7O6S. The van der Waals surface area contributed by atoms with Crippen molar-refractivity contribution in [2.45, 2.75) is 69.3 Å². The fourth-order valence-electron chi connectivity index (χ4n) is 3.68. The van der Waals surface area contributed by atoms with Crippen LogP contribution in [0.15, 0.2) is 6.33 Å². The number of aliphatic hydroxyl groups is 4. The molecule has 1 aliphatic heterocycles. The van der Waals surface area contributed by atoms with Gasteiger partial charge in [0.05, 0.1) is 19.0 Å². The second-order valence-electron chi connectivity index (χ2n) is 8.37. The van der Waals surface area contributed by atoms with E-state index in [9.17, 15) is 25.2 Å². The number of aromatic amines is 1. The Morgan fingerprint density at radius 1 is 1.29 bits per heavy atom. The summed E-state index contributed by atoms with van der Waals surface area (Å²) in [7, 11) is 0. The molecule has 1 amide bonds. The number of amides is 1. The number of nitrogens with one attached hydrogen (secondary N) is 3. The van der Waals surface area contributed by atoms with Crippen LogP contribution in [-0.4, -0.2) is 96.0 Å². The van der Waals surface area contributed by atoms with Crippen LogP contribution in [0, 0.1) is 4.64 Å². The number of fused-ring (bicyclic) bond motifs is 1. The number of carbonyl (C=O) groups excluding carboxylic acids is 1. The smallest absolute Gasteiger partial charge is 0.239 e. The number of aromatic nitrogens is 4. The molecule has 0 aliphatic carbocycles. The Kier molecular flexibility index (Phi) is 9.30. The maximum absolute atomic E-state index is 11.7. The molecule has 13 nitrogen and oxygen atoms in total. The number of hydrogen-bond donors (Lipinski definition) is 8. The number of rotatable bonds is 12. The maximum Gasteiger partial charge on any atom is 0.239 e. The molecule has 0 saturated carbocycles. The Bertz CT molecular complexity index is 1010. The zero-order valence-electron chi connectivity index (χ0n) is 18.9. The van der Waals surface area contributed by atoms with E-state index in [1.54, 1.807) is 0 Å². The molecule has 0 spiro atoms. The monoisotopic (exact) mass is 499 g/mol. The zero-order valence-corrected chi connectivity index (χ0v) is 19.7. The zero-order chi connectivity index (χ0) is 24.8. The van der Waals surface area contributed by atoms with Gasteiger partial charge in [0, 0.05) is 13.1 Å². The number of hydrogen-bond acceptors (Lipinski definition) is 11. The molecule has 1 aliphatic rings. The molecule has 1 fully saturated rings. The summed E-state index contributed by atoms with van der Waals surface area (Å²) >= 11 is 5.33. The van der Waals surface area contributed by atoms with Crippen molar-refractivity contribution in [3.63, 3.8) is 0 Å². The molecule has 14 heteroatoms. The summed E-state index contributed by atoms with van der Waals surface area (Å²) < 4.78 is 7.38. The third-order valence-corrected chi connectivity index (χ3v) is 6.04. The van der Waals surface area contributed by atoms with E-state index >= 15 is 0 Å². The first kappa shape index (κ1) is 26.4. The molecule has 190 valence electrons. The predicted molar refractivity (Wildman–Crippen MR) is 125 cm³/mol. The van der Waals surface area contributed by atoms with Crippen LogP contribution in [-0.2, 0) is 9.53 Å². The lowest BCUT2D eigenvalue weighted by atomic mass is 10.1. The Morgan fingerprint density at radius 3 is 2.65 bits per heavy atom. The first-order valence-electron chi connectivity index (χ1n) is 11.3. The van der Waals surface area contributed by atoms with Crippen LogP contribution in [0.1, 0.15) is 38.8 Å². The Labute approximate surface area is 201 Å². The van der Waals surface area contributed by atoms with Gasteiger partial charge in [0.2, 0.25) is 11.9 Å².